The van der Waals surface area contributed by atoms with Crippen molar-refractivity contribution in [2.75, 3.05) is 32.8 Å². The molecule has 0 radical (unpaired) electrons. The molecular formula is C17H26N2O2. The summed E-state index contributed by atoms with van der Waals surface area (Å²) < 4.78 is 5.26. The van der Waals surface area contributed by atoms with Crippen molar-refractivity contribution in [3.05, 3.63) is 35.9 Å². The van der Waals surface area contributed by atoms with Crippen molar-refractivity contribution in [1.29, 1.82) is 0 Å². The molecule has 4 nitrogen and oxygen atoms in total. The van der Waals surface area contributed by atoms with Crippen LogP contribution in [-0.4, -0.2) is 54.6 Å². The molecule has 1 fully saturated rings. The highest BCUT2D eigenvalue weighted by Crippen LogP contribution is 2.13. The van der Waals surface area contributed by atoms with Crippen LogP contribution in [-0.2, 0) is 16.1 Å². The number of hydrogen-bond acceptors (Lipinski definition) is 3. The van der Waals surface area contributed by atoms with E-state index in [1.807, 2.05) is 17.9 Å². The normalized spacial score (nSPS) is 20.3. The van der Waals surface area contributed by atoms with E-state index in [0.29, 0.717) is 6.61 Å². The molecule has 116 valence electrons. The summed E-state index contributed by atoms with van der Waals surface area (Å²) in [6, 6.07) is 10.8. The summed E-state index contributed by atoms with van der Waals surface area (Å²) in [5.74, 6) is 0.117. The van der Waals surface area contributed by atoms with Crippen molar-refractivity contribution < 1.29 is 9.53 Å². The fraction of sp³-hybridized carbons (Fsp3) is 0.588. The molecule has 0 aliphatic carbocycles. The van der Waals surface area contributed by atoms with E-state index in [-0.39, 0.29) is 18.6 Å². The zero-order valence-corrected chi connectivity index (χ0v) is 13.1. The smallest absolute Gasteiger partial charge is 0.248 e. The average Bonchev–Trinajstić information content (AvgIpc) is 2.67. The Hall–Kier alpha value is -1.39. The number of carbonyl (C=O) groups excluding carboxylic acids is 1. The van der Waals surface area contributed by atoms with Gasteiger partial charge in [-0.1, -0.05) is 30.3 Å². The Labute approximate surface area is 127 Å². The molecule has 0 bridgehead atoms. The maximum atomic E-state index is 12.2. The van der Waals surface area contributed by atoms with E-state index < -0.39 is 0 Å². The first-order chi connectivity index (χ1) is 10.2. The fourth-order valence-electron chi connectivity index (χ4n) is 2.88. The molecule has 1 aromatic rings. The lowest BCUT2D eigenvalue weighted by atomic mass is 10.2. The van der Waals surface area contributed by atoms with Crippen LogP contribution < -0.4 is 0 Å². The average molecular weight is 290 g/mol. The first-order valence-corrected chi connectivity index (χ1v) is 7.84. The minimum absolute atomic E-state index is 0.117. The fourth-order valence-corrected chi connectivity index (χ4v) is 2.88. The van der Waals surface area contributed by atoms with Gasteiger partial charge >= 0.3 is 0 Å². The lowest BCUT2D eigenvalue weighted by Crippen LogP contribution is -2.44. The first-order valence-electron chi connectivity index (χ1n) is 7.84. The van der Waals surface area contributed by atoms with Crippen LogP contribution in [0.1, 0.15) is 25.8 Å². The predicted octanol–water partition coefficient (Wildman–Crippen LogP) is 2.15. The first kappa shape index (κ1) is 16.0. The molecule has 21 heavy (non-hydrogen) atoms. The third-order valence-electron chi connectivity index (χ3n) is 3.93. The van der Waals surface area contributed by atoms with Gasteiger partial charge in [0.1, 0.15) is 6.61 Å². The third kappa shape index (κ3) is 4.83. The number of carbonyl (C=O) groups is 1. The van der Waals surface area contributed by atoms with E-state index in [4.69, 9.17) is 4.74 Å². The van der Waals surface area contributed by atoms with Crippen LogP contribution in [0.5, 0.6) is 0 Å². The van der Waals surface area contributed by atoms with Gasteiger partial charge in [-0.3, -0.25) is 9.69 Å². The van der Waals surface area contributed by atoms with E-state index in [0.717, 1.165) is 32.6 Å². The lowest BCUT2D eigenvalue weighted by Gasteiger charge is -2.29. The summed E-state index contributed by atoms with van der Waals surface area (Å²) in [5, 5.41) is 0. The van der Waals surface area contributed by atoms with Crippen LogP contribution in [0.2, 0.25) is 0 Å². The topological polar surface area (TPSA) is 32.8 Å². The highest BCUT2D eigenvalue weighted by atomic mass is 16.5. The van der Waals surface area contributed by atoms with Gasteiger partial charge in [0.15, 0.2) is 0 Å². The molecule has 1 heterocycles. The van der Waals surface area contributed by atoms with Crippen molar-refractivity contribution in [2.24, 2.45) is 0 Å². The van der Waals surface area contributed by atoms with E-state index in [9.17, 15) is 4.79 Å². The monoisotopic (exact) mass is 290 g/mol. The van der Waals surface area contributed by atoms with Crippen LogP contribution in [0.4, 0.5) is 0 Å². The summed E-state index contributed by atoms with van der Waals surface area (Å²) in [5.41, 5.74) is 1.33. The molecule has 1 aromatic carbocycles. The Morgan fingerprint density at radius 3 is 2.76 bits per heavy atom. The van der Waals surface area contributed by atoms with Crippen molar-refractivity contribution in [2.45, 2.75) is 32.9 Å². The Balaban J connectivity index is 1.91. The SMILES string of the molecule is CCOCC(=O)N1CCCN(Cc2ccccc2)C[C@@H]1C. The molecule has 1 aliphatic heterocycles. The maximum absolute atomic E-state index is 12.2. The van der Waals surface area contributed by atoms with Gasteiger partial charge < -0.3 is 9.64 Å². The quantitative estimate of drug-likeness (QED) is 0.833. The van der Waals surface area contributed by atoms with E-state index >= 15 is 0 Å². The van der Waals surface area contributed by atoms with Gasteiger partial charge in [-0.15, -0.1) is 0 Å². The summed E-state index contributed by atoms with van der Waals surface area (Å²) in [6.45, 7) is 8.60. The zero-order valence-electron chi connectivity index (χ0n) is 13.1. The molecular weight excluding hydrogens is 264 g/mol. The van der Waals surface area contributed by atoms with Gasteiger partial charge in [0.2, 0.25) is 5.91 Å². The summed E-state index contributed by atoms with van der Waals surface area (Å²) in [7, 11) is 0. The van der Waals surface area contributed by atoms with Crippen LogP contribution in [0, 0.1) is 0 Å². The molecule has 1 aliphatic rings. The molecule has 1 saturated heterocycles. The molecule has 0 saturated carbocycles. The number of amides is 1. The highest BCUT2D eigenvalue weighted by Gasteiger charge is 2.25. The standard InChI is InChI=1S/C17H26N2O2/c1-3-21-14-17(20)19-11-7-10-18(12-15(19)2)13-16-8-5-4-6-9-16/h4-6,8-9,15H,3,7,10-14H2,1-2H3/t15-/m0/s1. The Kier molecular flexibility index (Phi) is 6.21. The molecule has 0 unspecified atom stereocenters. The van der Waals surface area contributed by atoms with Crippen LogP contribution in [0.3, 0.4) is 0 Å². The van der Waals surface area contributed by atoms with Crippen LogP contribution in [0.25, 0.3) is 0 Å². The summed E-state index contributed by atoms with van der Waals surface area (Å²) in [6.07, 6.45) is 1.02. The second-order valence-corrected chi connectivity index (χ2v) is 5.65. The van der Waals surface area contributed by atoms with Crippen molar-refractivity contribution in [3.8, 4) is 0 Å². The molecule has 0 aromatic heterocycles. The highest BCUT2D eigenvalue weighted by molar-refractivity contribution is 5.77. The van der Waals surface area contributed by atoms with Gasteiger partial charge in [0.25, 0.3) is 0 Å². The van der Waals surface area contributed by atoms with Gasteiger partial charge in [0.05, 0.1) is 0 Å². The van der Waals surface area contributed by atoms with Gasteiger partial charge in [-0.2, -0.15) is 0 Å². The number of benzene rings is 1. The van der Waals surface area contributed by atoms with E-state index in [2.05, 4.69) is 36.1 Å². The minimum atomic E-state index is 0.117. The molecule has 0 N–H and O–H groups in total. The maximum Gasteiger partial charge on any atom is 0.248 e. The molecule has 1 atom stereocenters. The van der Waals surface area contributed by atoms with Crippen LogP contribution >= 0.6 is 0 Å². The Morgan fingerprint density at radius 1 is 1.29 bits per heavy atom. The number of hydrogen-bond donors (Lipinski definition) is 0. The number of rotatable bonds is 5. The molecule has 4 heteroatoms. The van der Waals surface area contributed by atoms with Gasteiger partial charge in [-0.25, -0.2) is 0 Å². The summed E-state index contributed by atoms with van der Waals surface area (Å²) >= 11 is 0. The van der Waals surface area contributed by atoms with Crippen molar-refractivity contribution in [1.82, 2.24) is 9.80 Å². The molecule has 2 rings (SSSR count). The molecule has 1 amide bonds. The second kappa shape index (κ2) is 8.15. The molecule has 0 spiro atoms. The second-order valence-electron chi connectivity index (χ2n) is 5.65. The zero-order chi connectivity index (χ0) is 15.1. The Morgan fingerprint density at radius 2 is 2.05 bits per heavy atom. The predicted molar refractivity (Wildman–Crippen MR) is 84.0 cm³/mol. The van der Waals surface area contributed by atoms with Crippen molar-refractivity contribution in [3.63, 3.8) is 0 Å². The summed E-state index contributed by atoms with van der Waals surface area (Å²) in [4.78, 5) is 16.6. The van der Waals surface area contributed by atoms with E-state index in [1.54, 1.807) is 0 Å². The largest absolute Gasteiger partial charge is 0.372 e. The number of ether oxygens (including phenoxy) is 1. The minimum Gasteiger partial charge on any atom is -0.372 e. The lowest BCUT2D eigenvalue weighted by molar-refractivity contribution is -0.137. The number of nitrogens with zero attached hydrogens (tertiary/aromatic N) is 2. The van der Waals surface area contributed by atoms with Gasteiger partial charge in [-0.05, 0) is 25.8 Å². The Bertz CT molecular complexity index is 436. The van der Waals surface area contributed by atoms with Gasteiger partial charge in [0, 0.05) is 38.8 Å². The van der Waals surface area contributed by atoms with E-state index in [1.165, 1.54) is 5.56 Å². The van der Waals surface area contributed by atoms with Crippen LogP contribution in [0.15, 0.2) is 30.3 Å². The van der Waals surface area contributed by atoms with Crippen molar-refractivity contribution >= 4 is 5.91 Å². The third-order valence-corrected chi connectivity index (χ3v) is 3.93.